The van der Waals surface area contributed by atoms with Crippen LogP contribution in [0.15, 0.2) is 33.4 Å². The Labute approximate surface area is 255 Å². The number of nitrogens with one attached hydrogen (secondary N) is 1. The third kappa shape index (κ3) is 8.43. The summed E-state index contributed by atoms with van der Waals surface area (Å²) in [7, 11) is -4.11. The van der Waals surface area contributed by atoms with E-state index in [0.29, 0.717) is 11.3 Å². The van der Waals surface area contributed by atoms with Gasteiger partial charge in [-0.25, -0.2) is 14.8 Å². The number of carbonyl (C=O) groups excluding carboxylic acids is 2. The van der Waals surface area contributed by atoms with Gasteiger partial charge in [0, 0.05) is 16.0 Å². The maximum Gasteiger partial charge on any atom is 1.00 e. The molecule has 0 aromatic carbocycles. The molecule has 2 aromatic rings. The third-order valence-corrected chi connectivity index (χ3v) is 7.74. The van der Waals surface area contributed by atoms with E-state index in [4.69, 9.17) is 29.8 Å². The molecule has 20 heteroatoms. The van der Waals surface area contributed by atoms with Gasteiger partial charge in [0.1, 0.15) is 29.9 Å². The van der Waals surface area contributed by atoms with Gasteiger partial charge >= 0.3 is 35.5 Å². The molecule has 0 unspecified atom stereocenters. The predicted octanol–water partition coefficient (Wildman–Crippen LogP) is -4.53. The second-order valence-corrected chi connectivity index (χ2v) is 11.1. The summed E-state index contributed by atoms with van der Waals surface area (Å²) in [6, 6.07) is -0.913. The summed E-state index contributed by atoms with van der Waals surface area (Å²) in [5, 5.41) is 17.4. The molecule has 2 aliphatic rings. The Balaban J connectivity index is 0.000000816. The van der Waals surface area contributed by atoms with Crippen molar-refractivity contribution in [3.05, 3.63) is 44.5 Å². The van der Waals surface area contributed by atoms with Crippen molar-refractivity contribution in [2.75, 3.05) is 18.6 Å². The van der Waals surface area contributed by atoms with E-state index in [-0.39, 0.29) is 51.8 Å². The van der Waals surface area contributed by atoms with Gasteiger partial charge in [0.05, 0.1) is 11.2 Å². The quantitative estimate of drug-likeness (QED) is 0.0865. The molecular weight excluding hydrogens is 606 g/mol. The molecule has 2 amide bonds. The van der Waals surface area contributed by atoms with Gasteiger partial charge in [0.2, 0.25) is 0 Å². The number of phosphoric acid groups is 1. The number of carboxylic acid groups (broad SMARTS) is 1. The van der Waals surface area contributed by atoms with E-state index < -0.39 is 37.0 Å². The molecule has 2 aliphatic heterocycles. The van der Waals surface area contributed by atoms with Gasteiger partial charge in [-0.1, -0.05) is 11.2 Å². The van der Waals surface area contributed by atoms with Crippen LogP contribution in [0.1, 0.15) is 16.3 Å². The van der Waals surface area contributed by atoms with Crippen molar-refractivity contribution in [1.82, 2.24) is 20.2 Å². The second-order valence-electron chi connectivity index (χ2n) is 7.32. The van der Waals surface area contributed by atoms with E-state index in [1.54, 1.807) is 23.0 Å². The molecule has 204 valence electrons. The molecule has 0 radical (unpaired) electrons. The van der Waals surface area contributed by atoms with Crippen LogP contribution in [0, 0.1) is 6.92 Å². The number of allylic oxidation sites excluding steroid dienone is 1. The summed E-state index contributed by atoms with van der Waals surface area (Å²) >= 11 is 3.94. The van der Waals surface area contributed by atoms with Crippen LogP contribution in [-0.2, 0) is 23.8 Å². The van der Waals surface area contributed by atoms with E-state index in [0.717, 1.165) is 21.9 Å². The summed E-state index contributed by atoms with van der Waals surface area (Å²) in [6.45, 7) is 1.86. The zero-order valence-corrected chi connectivity index (χ0v) is 25.8. The molecule has 15 nitrogen and oxygen atoms in total. The molecule has 0 aliphatic carbocycles. The van der Waals surface area contributed by atoms with Crippen LogP contribution in [-0.4, -0.2) is 67.7 Å². The van der Waals surface area contributed by atoms with E-state index in [9.17, 15) is 19.5 Å². The van der Waals surface area contributed by atoms with Crippen LogP contribution in [0.4, 0.5) is 5.13 Å². The molecule has 2 aromatic heterocycles. The minimum absolute atomic E-state index is 0. The van der Waals surface area contributed by atoms with Gasteiger partial charge in [-0.05, 0) is 18.6 Å². The molecule has 0 spiro atoms. The number of rotatable bonds is 7. The number of nitrogens with zero attached hydrogens (tertiary/aromatic N) is 4. The number of anilines is 1. The fourth-order valence-electron chi connectivity index (χ4n) is 3.32. The molecule has 1 fully saturated rings. The number of thioether (sulfide) groups is 1. The van der Waals surface area contributed by atoms with Crippen molar-refractivity contribution in [2.24, 2.45) is 5.16 Å². The number of oxime groups is 1. The van der Waals surface area contributed by atoms with Crippen molar-refractivity contribution in [3.63, 3.8) is 0 Å². The Kier molecular flexibility index (Phi) is 11.9. The Morgan fingerprint density at radius 2 is 2.00 bits per heavy atom. The largest absolute Gasteiger partial charge is 1.00 e. The number of aryl methyl sites for hydroxylation is 1. The van der Waals surface area contributed by atoms with Gasteiger partial charge < -0.3 is 40.2 Å². The van der Waals surface area contributed by atoms with Crippen molar-refractivity contribution < 1.29 is 73.1 Å². The first-order valence-electron chi connectivity index (χ1n) is 10.2. The topological polar surface area (TPSA) is 246 Å². The standard InChI is InChI=1S/C19H18N6O5S3.Na.H3O4P/c1-8-11(33-7-21-8)4-3-9-5-31-17-13(16(27)25(17)14(9)18(28)29)23-15(26)12(24-30-2)10-6-32-19(20)22-10;;1-5(2,3)4/h3-4,6-7,13,17H,5H2,1-2H3,(H2,20,22)(H,23,26)(H,28,29);;(H3,1,2,3,4)/q;+1;/p-3/b4-3-,24-12-;;/t13-,17-;;/m1../s1. The smallest absolute Gasteiger partial charge is 0.822 e. The number of amides is 2. The van der Waals surface area contributed by atoms with Crippen LogP contribution in [0.2, 0.25) is 0 Å². The number of nitrogens with two attached hydrogens (primary N) is 1. The normalized spacial score (nSPS) is 18.9. The number of hydrogen-bond donors (Lipinski definition) is 3. The van der Waals surface area contributed by atoms with E-state index in [1.165, 1.54) is 35.1 Å². The zero-order chi connectivity index (χ0) is 28.2. The van der Waals surface area contributed by atoms with Crippen LogP contribution in [0.5, 0.6) is 0 Å². The molecule has 39 heavy (non-hydrogen) atoms. The maximum atomic E-state index is 12.9. The van der Waals surface area contributed by atoms with E-state index in [1.807, 2.05) is 6.92 Å². The first-order chi connectivity index (χ1) is 17.8. The number of carbonyl (C=O) groups is 3. The molecule has 0 bridgehead atoms. The Hall–Kier alpha value is -2.12. The van der Waals surface area contributed by atoms with Crippen LogP contribution < -0.4 is 55.3 Å². The molecule has 4 heterocycles. The van der Waals surface area contributed by atoms with Crippen molar-refractivity contribution in [2.45, 2.75) is 18.3 Å². The monoisotopic (exact) mass is 624 g/mol. The first kappa shape index (κ1) is 33.1. The van der Waals surface area contributed by atoms with Gasteiger partial charge in [0.25, 0.3) is 11.8 Å². The number of nitrogen functional groups attached to an aromatic ring is 1. The average molecular weight is 625 g/mol. The summed E-state index contributed by atoms with van der Waals surface area (Å²) < 4.78 is 8.55. The van der Waals surface area contributed by atoms with E-state index in [2.05, 4.69) is 20.4 Å². The maximum absolute atomic E-state index is 12.9. The van der Waals surface area contributed by atoms with Crippen LogP contribution in [0.25, 0.3) is 6.08 Å². The molecule has 1 saturated heterocycles. The number of carboxylic acids is 1. The minimum atomic E-state index is -5.39. The fourth-order valence-corrected chi connectivity index (χ4v) is 5.88. The summed E-state index contributed by atoms with van der Waals surface area (Å²) in [5.41, 5.74) is 8.68. The number of β-lactam (4-membered cyclic amide) rings is 1. The summed E-state index contributed by atoms with van der Waals surface area (Å²) in [4.78, 5) is 78.3. The molecule has 2 atom stereocenters. The zero-order valence-electron chi connectivity index (χ0n) is 20.4. The summed E-state index contributed by atoms with van der Waals surface area (Å²) in [5.74, 6) is -2.04. The molecular formula is C19H18N6NaO9PS3-2. The number of fused-ring (bicyclic) bond motifs is 1. The van der Waals surface area contributed by atoms with Crippen molar-refractivity contribution in [3.8, 4) is 0 Å². The Morgan fingerprint density at radius 3 is 2.51 bits per heavy atom. The van der Waals surface area contributed by atoms with E-state index >= 15 is 0 Å². The predicted molar refractivity (Wildman–Crippen MR) is 133 cm³/mol. The van der Waals surface area contributed by atoms with Gasteiger partial charge in [0.15, 0.2) is 10.8 Å². The molecule has 0 saturated carbocycles. The third-order valence-electron chi connectivity index (χ3n) is 4.87. The van der Waals surface area contributed by atoms with Crippen molar-refractivity contribution >= 4 is 77.0 Å². The van der Waals surface area contributed by atoms with Crippen LogP contribution in [0.3, 0.4) is 0 Å². The molecule has 4 rings (SSSR count). The Bertz CT molecular complexity index is 1380. The fraction of sp³-hybridized carbons (Fsp3) is 0.263. The molecule has 4 N–H and O–H groups in total. The number of aromatic nitrogens is 2. The summed E-state index contributed by atoms with van der Waals surface area (Å²) in [6.07, 6.45) is 3.49. The minimum Gasteiger partial charge on any atom is -0.822 e. The average Bonchev–Trinajstić information content (AvgIpc) is 3.45. The Morgan fingerprint density at radius 1 is 1.33 bits per heavy atom. The van der Waals surface area contributed by atoms with Gasteiger partial charge in [-0.15, -0.1) is 34.4 Å². The number of hydrogen-bond acceptors (Lipinski definition) is 15. The SMILES string of the molecule is CO/N=C(\C(=O)N[C@@H]1C(=O)N2C(C(=O)O)=C(/C=C\c3scnc3C)CS[C@H]12)c1csc(N)n1.O=P([O-])([O-])[O-].[Na+]. The van der Waals surface area contributed by atoms with Crippen LogP contribution >= 0.6 is 42.3 Å². The van der Waals surface area contributed by atoms with Crippen molar-refractivity contribution in [1.29, 1.82) is 0 Å². The first-order valence-corrected chi connectivity index (χ1v) is 14.4. The van der Waals surface area contributed by atoms with Gasteiger partial charge in [-0.2, -0.15) is 7.82 Å². The number of aliphatic carboxylic acids is 1. The second kappa shape index (κ2) is 14.0. The van der Waals surface area contributed by atoms with Gasteiger partial charge in [-0.3, -0.25) is 14.5 Å². The number of thiazole rings is 2.